The van der Waals surface area contributed by atoms with Gasteiger partial charge in [-0.25, -0.2) is 4.98 Å². The summed E-state index contributed by atoms with van der Waals surface area (Å²) in [6.45, 7) is 6.66. The van der Waals surface area contributed by atoms with Crippen molar-refractivity contribution >= 4 is 45.8 Å². The van der Waals surface area contributed by atoms with E-state index in [-0.39, 0.29) is 17.9 Å². The first kappa shape index (κ1) is 21.4. The molecule has 4 nitrogen and oxygen atoms in total. The number of rotatable bonds is 4. The van der Waals surface area contributed by atoms with Gasteiger partial charge in [0.1, 0.15) is 12.4 Å². The summed E-state index contributed by atoms with van der Waals surface area (Å²) in [5.74, 6) is 0.555. The number of nitrogens with one attached hydrogen (secondary N) is 1. The normalized spacial score (nSPS) is 11.6. The molecule has 0 unspecified atom stereocenters. The molecule has 0 saturated carbocycles. The number of fused-ring (bicyclic) bond motifs is 1. The maximum absolute atomic E-state index is 12.9. The summed E-state index contributed by atoms with van der Waals surface area (Å²) in [5.41, 5.74) is 4.53. The van der Waals surface area contributed by atoms with Crippen molar-refractivity contribution in [1.82, 2.24) is 9.55 Å². The summed E-state index contributed by atoms with van der Waals surface area (Å²) in [4.78, 5) is 17.7. The molecule has 158 valence electrons. The van der Waals surface area contributed by atoms with Gasteiger partial charge in [-0.2, -0.15) is 0 Å². The predicted molar refractivity (Wildman–Crippen MR) is 129 cm³/mol. The molecule has 0 fully saturated rings. The van der Waals surface area contributed by atoms with Crippen molar-refractivity contribution in [2.24, 2.45) is 0 Å². The van der Waals surface area contributed by atoms with E-state index in [4.69, 9.17) is 28.2 Å². The van der Waals surface area contributed by atoms with Gasteiger partial charge in [-0.15, -0.1) is 0 Å². The number of benzene rings is 3. The van der Waals surface area contributed by atoms with Crippen molar-refractivity contribution in [2.45, 2.75) is 32.7 Å². The topological polar surface area (TPSA) is 46.9 Å². The van der Waals surface area contributed by atoms with Crippen molar-refractivity contribution < 1.29 is 4.79 Å². The van der Waals surface area contributed by atoms with Crippen LogP contribution in [0.1, 0.15) is 26.3 Å². The molecular weight excluding hydrogens is 429 g/mol. The molecule has 4 aromatic rings. The van der Waals surface area contributed by atoms with Gasteiger partial charge in [0, 0.05) is 10.6 Å². The van der Waals surface area contributed by atoms with E-state index in [9.17, 15) is 4.79 Å². The van der Waals surface area contributed by atoms with E-state index < -0.39 is 0 Å². The zero-order valence-electron chi connectivity index (χ0n) is 17.6. The van der Waals surface area contributed by atoms with Gasteiger partial charge in [-0.3, -0.25) is 4.79 Å². The number of anilines is 1. The van der Waals surface area contributed by atoms with Gasteiger partial charge in [0.05, 0.1) is 21.7 Å². The molecule has 1 aromatic heterocycles. The van der Waals surface area contributed by atoms with E-state index in [0.29, 0.717) is 15.7 Å². The van der Waals surface area contributed by atoms with Crippen LogP contribution in [0.3, 0.4) is 0 Å². The molecule has 1 heterocycles. The van der Waals surface area contributed by atoms with Gasteiger partial charge in [0.25, 0.3) is 0 Å². The number of amides is 1. The Labute approximate surface area is 191 Å². The zero-order chi connectivity index (χ0) is 22.2. The van der Waals surface area contributed by atoms with Crippen molar-refractivity contribution in [3.05, 3.63) is 82.3 Å². The summed E-state index contributed by atoms with van der Waals surface area (Å²) in [6.07, 6.45) is 0. The van der Waals surface area contributed by atoms with Crippen molar-refractivity contribution in [3.8, 4) is 11.4 Å². The first-order valence-electron chi connectivity index (χ1n) is 10.0. The largest absolute Gasteiger partial charge is 0.323 e. The Balaban J connectivity index is 1.69. The number of hydrogen-bond donors (Lipinski definition) is 1. The fraction of sp³-hybridized carbons (Fsp3) is 0.200. The van der Waals surface area contributed by atoms with Gasteiger partial charge in [0.15, 0.2) is 0 Å². The monoisotopic (exact) mass is 451 g/mol. The highest BCUT2D eigenvalue weighted by molar-refractivity contribution is 6.36. The number of carbonyl (C=O) groups is 1. The Bertz CT molecular complexity index is 1250. The van der Waals surface area contributed by atoms with Crippen LogP contribution in [-0.4, -0.2) is 15.5 Å². The Morgan fingerprint density at radius 1 is 1.00 bits per heavy atom. The molecule has 0 aliphatic rings. The van der Waals surface area contributed by atoms with E-state index in [1.54, 1.807) is 18.2 Å². The van der Waals surface area contributed by atoms with Gasteiger partial charge < -0.3 is 9.88 Å². The van der Waals surface area contributed by atoms with Gasteiger partial charge in [0.2, 0.25) is 5.91 Å². The highest BCUT2D eigenvalue weighted by Gasteiger charge is 2.18. The van der Waals surface area contributed by atoms with Crippen LogP contribution < -0.4 is 5.32 Å². The molecule has 4 rings (SSSR count). The first-order valence-corrected chi connectivity index (χ1v) is 10.8. The Morgan fingerprint density at radius 2 is 1.71 bits per heavy atom. The van der Waals surface area contributed by atoms with Crippen molar-refractivity contribution in [1.29, 1.82) is 0 Å². The minimum Gasteiger partial charge on any atom is -0.323 e. The average Bonchev–Trinajstić information content (AvgIpc) is 3.08. The maximum atomic E-state index is 12.9. The summed E-state index contributed by atoms with van der Waals surface area (Å²) in [6, 6.07) is 21.2. The highest BCUT2D eigenvalue weighted by Crippen LogP contribution is 2.29. The molecule has 0 radical (unpaired) electrons. The second kappa shape index (κ2) is 8.37. The van der Waals surface area contributed by atoms with Crippen LogP contribution in [0.15, 0.2) is 66.7 Å². The Kier molecular flexibility index (Phi) is 5.78. The molecule has 31 heavy (non-hydrogen) atoms. The zero-order valence-corrected chi connectivity index (χ0v) is 19.1. The summed E-state index contributed by atoms with van der Waals surface area (Å²) in [5, 5.41) is 3.79. The second-order valence-corrected chi connectivity index (χ2v) is 9.35. The minimum absolute atomic E-state index is 0.0659. The van der Waals surface area contributed by atoms with E-state index in [1.165, 1.54) is 5.56 Å². The SMILES string of the molecule is CC(C)(C)c1ccc(-c2nc3ccccc3n2CC(=O)Nc2ccc(Cl)cc2Cl)cc1. The van der Waals surface area contributed by atoms with Gasteiger partial charge >= 0.3 is 0 Å². The molecule has 0 saturated heterocycles. The minimum atomic E-state index is -0.195. The lowest BCUT2D eigenvalue weighted by Gasteiger charge is -2.19. The summed E-state index contributed by atoms with van der Waals surface area (Å²) >= 11 is 12.2. The standard InChI is InChI=1S/C25H23Cl2N3O/c1-25(2,3)17-10-8-16(9-11-17)24-29-21-6-4-5-7-22(21)30(24)15-23(31)28-20-13-12-18(26)14-19(20)27/h4-14H,15H2,1-3H3,(H,28,31). The Hall–Kier alpha value is -2.82. The highest BCUT2D eigenvalue weighted by atomic mass is 35.5. The van der Waals surface area contributed by atoms with Crippen LogP contribution in [0, 0.1) is 0 Å². The fourth-order valence-electron chi connectivity index (χ4n) is 3.50. The van der Waals surface area contributed by atoms with Crippen LogP contribution in [0.25, 0.3) is 22.4 Å². The van der Waals surface area contributed by atoms with E-state index in [2.05, 4.69) is 50.4 Å². The molecule has 1 N–H and O–H groups in total. The average molecular weight is 452 g/mol. The van der Waals surface area contributed by atoms with E-state index >= 15 is 0 Å². The van der Waals surface area contributed by atoms with Crippen molar-refractivity contribution in [2.75, 3.05) is 5.32 Å². The lowest BCUT2D eigenvalue weighted by Crippen LogP contribution is -2.19. The molecule has 0 spiro atoms. The van der Waals surface area contributed by atoms with E-state index in [0.717, 1.165) is 22.4 Å². The van der Waals surface area contributed by atoms with Crippen LogP contribution in [0.2, 0.25) is 10.0 Å². The van der Waals surface area contributed by atoms with Crippen LogP contribution in [0.4, 0.5) is 5.69 Å². The third-order valence-electron chi connectivity index (χ3n) is 5.17. The second-order valence-electron chi connectivity index (χ2n) is 8.51. The number of para-hydroxylation sites is 2. The third kappa shape index (κ3) is 4.60. The third-order valence-corrected chi connectivity index (χ3v) is 5.72. The molecule has 3 aromatic carbocycles. The lowest BCUT2D eigenvalue weighted by molar-refractivity contribution is -0.116. The maximum Gasteiger partial charge on any atom is 0.244 e. The summed E-state index contributed by atoms with van der Waals surface area (Å²) in [7, 11) is 0. The number of nitrogens with zero attached hydrogens (tertiary/aromatic N) is 2. The van der Waals surface area contributed by atoms with Gasteiger partial charge in [-0.1, -0.05) is 80.4 Å². The number of hydrogen-bond acceptors (Lipinski definition) is 2. The van der Waals surface area contributed by atoms with Crippen molar-refractivity contribution in [3.63, 3.8) is 0 Å². The molecule has 0 bridgehead atoms. The number of imidazole rings is 1. The summed E-state index contributed by atoms with van der Waals surface area (Å²) < 4.78 is 1.93. The Morgan fingerprint density at radius 3 is 2.39 bits per heavy atom. The molecular formula is C25H23Cl2N3O. The molecule has 1 amide bonds. The smallest absolute Gasteiger partial charge is 0.244 e. The molecule has 0 aliphatic heterocycles. The number of halogens is 2. The molecule has 6 heteroatoms. The van der Waals surface area contributed by atoms with Gasteiger partial charge in [-0.05, 0) is 41.3 Å². The number of aromatic nitrogens is 2. The van der Waals surface area contributed by atoms with Crippen LogP contribution in [-0.2, 0) is 16.8 Å². The van der Waals surface area contributed by atoms with Crippen LogP contribution in [0.5, 0.6) is 0 Å². The number of carbonyl (C=O) groups excluding carboxylic acids is 1. The fourth-order valence-corrected chi connectivity index (χ4v) is 3.96. The lowest BCUT2D eigenvalue weighted by atomic mass is 9.87. The molecule has 0 aliphatic carbocycles. The van der Waals surface area contributed by atoms with E-state index in [1.807, 2.05) is 28.8 Å². The van der Waals surface area contributed by atoms with Crippen LogP contribution >= 0.6 is 23.2 Å². The molecule has 0 atom stereocenters. The quantitative estimate of drug-likeness (QED) is 0.364. The predicted octanol–water partition coefficient (Wildman–Crippen LogP) is 6.95. The first-order chi connectivity index (χ1) is 14.7.